The average molecular weight is 256 g/mol. The zero-order chi connectivity index (χ0) is 13.1. The third kappa shape index (κ3) is 2.88. The molecule has 0 spiro atoms. The minimum Gasteiger partial charge on any atom is -0.204 e. The average Bonchev–Trinajstić information content (AvgIpc) is 2.37. The van der Waals surface area contributed by atoms with Crippen molar-refractivity contribution in [3.05, 3.63) is 35.1 Å². The van der Waals surface area contributed by atoms with Gasteiger partial charge in [-0.25, -0.2) is 13.2 Å². The van der Waals surface area contributed by atoms with Crippen molar-refractivity contribution in [1.82, 2.24) is 0 Å². The summed E-state index contributed by atoms with van der Waals surface area (Å²) in [5.41, 5.74) is 0.612. The van der Waals surface area contributed by atoms with Crippen molar-refractivity contribution >= 4 is 0 Å². The lowest BCUT2D eigenvalue weighted by molar-refractivity contribution is 0.307. The van der Waals surface area contributed by atoms with Crippen molar-refractivity contribution in [3.8, 4) is 0 Å². The van der Waals surface area contributed by atoms with Gasteiger partial charge in [0.05, 0.1) is 0 Å². The number of halogens is 3. The molecule has 0 N–H and O–H groups in total. The van der Waals surface area contributed by atoms with E-state index in [9.17, 15) is 13.2 Å². The van der Waals surface area contributed by atoms with E-state index in [-0.39, 0.29) is 5.92 Å². The number of hydrogen-bond acceptors (Lipinski definition) is 0. The molecule has 1 aliphatic carbocycles. The van der Waals surface area contributed by atoms with E-state index in [4.69, 9.17) is 0 Å². The van der Waals surface area contributed by atoms with E-state index in [0.717, 1.165) is 43.7 Å². The summed E-state index contributed by atoms with van der Waals surface area (Å²) in [4.78, 5) is 0. The van der Waals surface area contributed by atoms with Crippen LogP contribution in [0.2, 0.25) is 0 Å². The molecule has 1 aromatic carbocycles. The molecule has 100 valence electrons. The molecule has 0 saturated heterocycles. The second-order valence-corrected chi connectivity index (χ2v) is 5.30. The molecule has 3 heteroatoms. The largest absolute Gasteiger partial charge is 0.204 e. The smallest absolute Gasteiger partial charge is 0.194 e. The second-order valence-electron chi connectivity index (χ2n) is 5.30. The minimum atomic E-state index is -1.36. The molecular weight excluding hydrogens is 237 g/mol. The summed E-state index contributed by atoms with van der Waals surface area (Å²) >= 11 is 0. The fraction of sp³-hybridized carbons (Fsp3) is 0.600. The van der Waals surface area contributed by atoms with Crippen molar-refractivity contribution in [1.29, 1.82) is 0 Å². The third-order valence-electron chi connectivity index (χ3n) is 4.02. The lowest BCUT2D eigenvalue weighted by atomic mass is 9.77. The first-order chi connectivity index (χ1) is 8.61. The normalized spacial score (nSPS) is 24.2. The molecule has 0 atom stereocenters. The molecule has 0 aromatic heterocycles. The Morgan fingerprint density at radius 3 is 2.06 bits per heavy atom. The molecule has 0 nitrogen and oxygen atoms in total. The number of benzene rings is 1. The lowest BCUT2D eigenvalue weighted by Gasteiger charge is -2.28. The fourth-order valence-corrected chi connectivity index (χ4v) is 3.00. The van der Waals surface area contributed by atoms with Crippen LogP contribution in [0, 0.1) is 23.4 Å². The van der Waals surface area contributed by atoms with E-state index in [0.29, 0.717) is 5.56 Å². The molecule has 0 heterocycles. The Labute approximate surface area is 106 Å². The molecule has 0 aliphatic heterocycles. The first kappa shape index (κ1) is 13.4. The highest BCUT2D eigenvalue weighted by molar-refractivity contribution is 5.23. The van der Waals surface area contributed by atoms with Gasteiger partial charge in [0.15, 0.2) is 17.5 Å². The van der Waals surface area contributed by atoms with Crippen LogP contribution in [-0.2, 0) is 0 Å². The molecule has 0 unspecified atom stereocenters. The van der Waals surface area contributed by atoms with Gasteiger partial charge in [0.1, 0.15) is 0 Å². The minimum absolute atomic E-state index is 0.183. The van der Waals surface area contributed by atoms with E-state index >= 15 is 0 Å². The summed E-state index contributed by atoms with van der Waals surface area (Å²) in [5, 5.41) is 0. The second kappa shape index (κ2) is 5.77. The molecule has 1 aromatic rings. The van der Waals surface area contributed by atoms with E-state index < -0.39 is 17.5 Å². The Bertz CT molecular complexity index is 383. The van der Waals surface area contributed by atoms with Crippen LogP contribution in [0.3, 0.4) is 0 Å². The van der Waals surface area contributed by atoms with Gasteiger partial charge in [-0.1, -0.05) is 19.8 Å². The van der Waals surface area contributed by atoms with Crippen LogP contribution < -0.4 is 0 Å². The summed E-state index contributed by atoms with van der Waals surface area (Å²) in [6.07, 6.45) is 6.55. The Hall–Kier alpha value is -0.990. The zero-order valence-electron chi connectivity index (χ0n) is 10.7. The van der Waals surface area contributed by atoms with Crippen LogP contribution >= 0.6 is 0 Å². The highest BCUT2D eigenvalue weighted by Gasteiger charge is 2.23. The third-order valence-corrected chi connectivity index (χ3v) is 4.02. The van der Waals surface area contributed by atoms with Gasteiger partial charge in [-0.05, 0) is 55.2 Å². The highest BCUT2D eigenvalue weighted by Crippen LogP contribution is 2.38. The van der Waals surface area contributed by atoms with Gasteiger partial charge in [0.25, 0.3) is 0 Å². The van der Waals surface area contributed by atoms with Crippen molar-refractivity contribution in [3.63, 3.8) is 0 Å². The molecule has 2 rings (SSSR count). The van der Waals surface area contributed by atoms with Crippen molar-refractivity contribution < 1.29 is 13.2 Å². The monoisotopic (exact) mass is 256 g/mol. The Balaban J connectivity index is 2.05. The van der Waals surface area contributed by atoms with Crippen LogP contribution in [0.15, 0.2) is 12.1 Å². The van der Waals surface area contributed by atoms with Crippen LogP contribution in [0.5, 0.6) is 0 Å². The topological polar surface area (TPSA) is 0 Å². The van der Waals surface area contributed by atoms with E-state index in [2.05, 4.69) is 6.92 Å². The molecular formula is C15H19F3. The van der Waals surface area contributed by atoms with Gasteiger partial charge in [-0.2, -0.15) is 0 Å². The Morgan fingerprint density at radius 2 is 1.56 bits per heavy atom. The van der Waals surface area contributed by atoms with Gasteiger partial charge in [-0.15, -0.1) is 0 Å². The molecule has 1 fully saturated rings. The van der Waals surface area contributed by atoms with Gasteiger partial charge in [0, 0.05) is 0 Å². The summed E-state index contributed by atoms with van der Waals surface area (Å²) in [6, 6.07) is 2.31. The lowest BCUT2D eigenvalue weighted by Crippen LogP contribution is -2.13. The van der Waals surface area contributed by atoms with E-state index in [1.165, 1.54) is 12.8 Å². The predicted molar refractivity (Wildman–Crippen MR) is 65.9 cm³/mol. The summed E-state index contributed by atoms with van der Waals surface area (Å²) in [7, 11) is 0. The maximum atomic E-state index is 13.2. The van der Waals surface area contributed by atoms with Gasteiger partial charge < -0.3 is 0 Å². The summed E-state index contributed by atoms with van der Waals surface area (Å²) in [5.74, 6) is -2.57. The zero-order valence-corrected chi connectivity index (χ0v) is 10.7. The van der Waals surface area contributed by atoms with Crippen molar-refractivity contribution in [2.24, 2.45) is 5.92 Å². The summed E-state index contributed by atoms with van der Waals surface area (Å²) in [6.45, 7) is 2.18. The maximum Gasteiger partial charge on any atom is 0.194 e. The SMILES string of the molecule is CCC[C@H]1CC[C@H](c2cc(F)c(F)c(F)c2)CC1. The molecule has 1 saturated carbocycles. The molecule has 0 amide bonds. The van der Waals surface area contributed by atoms with E-state index in [1.54, 1.807) is 0 Å². The Kier molecular flexibility index (Phi) is 4.31. The van der Waals surface area contributed by atoms with Crippen LogP contribution in [0.1, 0.15) is 56.9 Å². The highest BCUT2D eigenvalue weighted by atomic mass is 19.2. The van der Waals surface area contributed by atoms with E-state index in [1.807, 2.05) is 0 Å². The molecule has 18 heavy (non-hydrogen) atoms. The van der Waals surface area contributed by atoms with Gasteiger partial charge >= 0.3 is 0 Å². The quantitative estimate of drug-likeness (QED) is 0.654. The molecule has 0 bridgehead atoms. The fourth-order valence-electron chi connectivity index (χ4n) is 3.00. The van der Waals surface area contributed by atoms with Gasteiger partial charge in [0.2, 0.25) is 0 Å². The van der Waals surface area contributed by atoms with Crippen LogP contribution in [-0.4, -0.2) is 0 Å². The molecule has 1 aliphatic rings. The molecule has 0 radical (unpaired) electrons. The summed E-state index contributed by atoms with van der Waals surface area (Å²) < 4.78 is 39.2. The Morgan fingerprint density at radius 1 is 1.00 bits per heavy atom. The number of rotatable bonds is 3. The first-order valence-electron chi connectivity index (χ1n) is 6.76. The van der Waals surface area contributed by atoms with Gasteiger partial charge in [-0.3, -0.25) is 0 Å². The van der Waals surface area contributed by atoms with Crippen molar-refractivity contribution in [2.45, 2.75) is 51.4 Å². The van der Waals surface area contributed by atoms with Crippen molar-refractivity contribution in [2.75, 3.05) is 0 Å². The maximum absolute atomic E-state index is 13.2. The first-order valence-corrected chi connectivity index (χ1v) is 6.76. The number of hydrogen-bond donors (Lipinski definition) is 0. The standard InChI is InChI=1S/C15H19F3/c1-2-3-10-4-6-11(7-5-10)12-8-13(16)15(18)14(17)9-12/h8-11H,2-7H2,1H3/t10-,11-. The van der Waals surface area contributed by atoms with Crippen LogP contribution in [0.4, 0.5) is 13.2 Å². The predicted octanol–water partition coefficient (Wildman–Crippen LogP) is 5.18. The van der Waals surface area contributed by atoms with Crippen LogP contribution in [0.25, 0.3) is 0 Å².